The fourth-order valence-corrected chi connectivity index (χ4v) is 2.74. The highest BCUT2D eigenvalue weighted by molar-refractivity contribution is 9.08. The maximum Gasteiger partial charge on any atom is 0.302 e. The largest absolute Gasteiger partial charge is 0.394 e. The van der Waals surface area contributed by atoms with Crippen LogP contribution < -0.4 is 11.3 Å². The van der Waals surface area contributed by atoms with Gasteiger partial charge in [-0.25, -0.2) is 8.58 Å². The Kier molecular flexibility index (Phi) is 3.45. The van der Waals surface area contributed by atoms with Crippen molar-refractivity contribution in [3.63, 3.8) is 0 Å². The molecule has 3 rings (SSSR count). The summed E-state index contributed by atoms with van der Waals surface area (Å²) in [4.78, 5) is 19.3. The van der Waals surface area contributed by atoms with Gasteiger partial charge in [-0.05, 0) is 0 Å². The third-order valence-electron chi connectivity index (χ3n) is 3.36. The third-order valence-corrected chi connectivity index (χ3v) is 4.06. The minimum absolute atomic E-state index is 0.0267. The molecule has 114 valence electrons. The van der Waals surface area contributed by atoms with Gasteiger partial charge in [0.1, 0.15) is 18.3 Å². The topological polar surface area (TPSA) is 149 Å². The average Bonchev–Trinajstić information content (AvgIpc) is 3.00. The van der Waals surface area contributed by atoms with Crippen molar-refractivity contribution in [1.29, 1.82) is 0 Å². The lowest BCUT2D eigenvalue weighted by atomic mass is 10.1. The summed E-state index contributed by atoms with van der Waals surface area (Å²) < 4.78 is 7.98. The molecule has 11 heteroatoms. The van der Waals surface area contributed by atoms with Gasteiger partial charge in [-0.2, -0.15) is 4.98 Å². The summed E-state index contributed by atoms with van der Waals surface area (Å²) in [6.07, 6.45) is -3.24. The van der Waals surface area contributed by atoms with Gasteiger partial charge >= 0.3 is 5.56 Å². The van der Waals surface area contributed by atoms with Crippen molar-refractivity contribution in [2.45, 2.75) is 24.5 Å². The molecular weight excluding hydrogens is 350 g/mol. The molecule has 4 atom stereocenters. The van der Waals surface area contributed by atoms with E-state index in [9.17, 15) is 15.0 Å². The number of nitrogen functional groups attached to an aromatic ring is 1. The van der Waals surface area contributed by atoms with Crippen molar-refractivity contribution >= 4 is 33.3 Å². The van der Waals surface area contributed by atoms with E-state index in [0.29, 0.717) is 0 Å². The van der Waals surface area contributed by atoms with Gasteiger partial charge < -0.3 is 25.8 Å². The van der Waals surface area contributed by atoms with Crippen LogP contribution in [-0.2, 0) is 4.74 Å². The van der Waals surface area contributed by atoms with Crippen LogP contribution in [0.25, 0.3) is 11.2 Å². The number of nitrogens with two attached hydrogens (primary N) is 1. The second-order valence-corrected chi connectivity index (χ2v) is 5.32. The van der Waals surface area contributed by atoms with Crippen LogP contribution >= 0.6 is 16.1 Å². The predicted molar refractivity (Wildman–Crippen MR) is 73.5 cm³/mol. The average molecular weight is 362 g/mol. The summed E-state index contributed by atoms with van der Waals surface area (Å²) in [6, 6.07) is 0. The number of halogens is 1. The van der Waals surface area contributed by atoms with E-state index in [2.05, 4.69) is 26.1 Å². The first-order valence-electron chi connectivity index (χ1n) is 5.99. The first kappa shape index (κ1) is 14.4. The Bertz CT molecular complexity index is 745. The molecular formula is C10H12BrN5O5. The fourth-order valence-electron chi connectivity index (χ4n) is 2.31. The number of anilines is 1. The molecule has 2 aromatic rings. The van der Waals surface area contributed by atoms with Crippen molar-refractivity contribution in [1.82, 2.24) is 18.1 Å². The zero-order valence-electron chi connectivity index (χ0n) is 10.5. The van der Waals surface area contributed by atoms with Crippen molar-refractivity contribution in [3.05, 3.63) is 16.7 Å². The number of ether oxygens (including phenoxy) is 1. The van der Waals surface area contributed by atoms with Crippen LogP contribution in [0.1, 0.15) is 6.23 Å². The Hall–Kier alpha value is -1.53. The summed E-state index contributed by atoms with van der Waals surface area (Å²) in [7, 11) is 0. The fraction of sp³-hybridized carbons (Fsp3) is 0.500. The van der Waals surface area contributed by atoms with Gasteiger partial charge in [-0.1, -0.05) is 0 Å². The highest BCUT2D eigenvalue weighted by atomic mass is 79.9. The molecule has 0 aliphatic carbocycles. The molecule has 1 aliphatic rings. The van der Waals surface area contributed by atoms with E-state index >= 15 is 0 Å². The molecule has 5 N–H and O–H groups in total. The first-order valence-corrected chi connectivity index (χ1v) is 6.70. The van der Waals surface area contributed by atoms with E-state index in [4.69, 9.17) is 15.6 Å². The number of aliphatic hydroxyl groups is 3. The molecule has 1 aliphatic heterocycles. The molecule has 1 fully saturated rings. The molecule has 2 aromatic heterocycles. The maximum atomic E-state index is 11.8. The zero-order valence-corrected chi connectivity index (χ0v) is 12.1. The van der Waals surface area contributed by atoms with E-state index in [1.54, 1.807) is 0 Å². The Morgan fingerprint density at radius 2 is 2.14 bits per heavy atom. The van der Waals surface area contributed by atoms with Crippen molar-refractivity contribution in [2.24, 2.45) is 0 Å². The Morgan fingerprint density at radius 1 is 1.43 bits per heavy atom. The minimum atomic E-state index is -1.29. The van der Waals surface area contributed by atoms with Crippen LogP contribution in [0.3, 0.4) is 0 Å². The summed E-state index contributed by atoms with van der Waals surface area (Å²) in [5, 5.41) is 28.9. The molecule has 0 aromatic carbocycles. The van der Waals surface area contributed by atoms with Crippen molar-refractivity contribution < 1.29 is 20.1 Å². The summed E-state index contributed by atoms with van der Waals surface area (Å²) in [5.74, 6) is -0.0963. The molecule has 0 amide bonds. The number of rotatable bonds is 2. The summed E-state index contributed by atoms with van der Waals surface area (Å²) in [6.45, 7) is -0.452. The standard InChI is InChI=1S/C10H12BrN5O5/c11-16-8-4(7(20)14-10(16)12)13-2-15(8)9-6(19)5(18)3(1-17)21-9/h2-3,5-6,9,17-19H,1H2,(H2,12,14,20)/t3-,5?,6?,9-/m1/s1. The van der Waals surface area contributed by atoms with Gasteiger partial charge in [-0.15, -0.1) is 0 Å². The van der Waals surface area contributed by atoms with Gasteiger partial charge in [0, 0.05) is 0 Å². The maximum absolute atomic E-state index is 11.8. The van der Waals surface area contributed by atoms with Gasteiger partial charge in [0.15, 0.2) is 17.4 Å². The molecule has 0 spiro atoms. The monoisotopic (exact) mass is 361 g/mol. The highest BCUT2D eigenvalue weighted by Gasteiger charge is 2.44. The molecule has 21 heavy (non-hydrogen) atoms. The van der Waals surface area contributed by atoms with Crippen molar-refractivity contribution in [2.75, 3.05) is 12.3 Å². The minimum Gasteiger partial charge on any atom is -0.394 e. The number of imidazole rings is 1. The first-order chi connectivity index (χ1) is 9.95. The molecule has 3 heterocycles. The van der Waals surface area contributed by atoms with E-state index in [1.165, 1.54) is 14.5 Å². The van der Waals surface area contributed by atoms with E-state index in [1.807, 2.05) is 0 Å². The molecule has 2 unspecified atom stereocenters. The number of nitrogens with zero attached hydrogens (tertiary/aromatic N) is 4. The number of aliphatic hydroxyl groups excluding tert-OH is 3. The lowest BCUT2D eigenvalue weighted by Gasteiger charge is -2.17. The van der Waals surface area contributed by atoms with Gasteiger partial charge in [-0.3, -0.25) is 9.36 Å². The van der Waals surface area contributed by atoms with Gasteiger partial charge in [0.05, 0.1) is 29.1 Å². The summed E-state index contributed by atoms with van der Waals surface area (Å²) >= 11 is 3.14. The number of fused-ring (bicyclic) bond motifs is 1. The second-order valence-electron chi connectivity index (χ2n) is 4.61. The predicted octanol–water partition coefficient (Wildman–Crippen LogP) is -2.06. The Morgan fingerprint density at radius 3 is 2.76 bits per heavy atom. The lowest BCUT2D eigenvalue weighted by Crippen LogP contribution is -2.33. The quantitative estimate of drug-likeness (QED) is 0.477. The van der Waals surface area contributed by atoms with E-state index in [0.717, 1.165) is 0 Å². The molecule has 0 bridgehead atoms. The van der Waals surface area contributed by atoms with E-state index in [-0.39, 0.29) is 17.1 Å². The third kappa shape index (κ3) is 2.05. The molecule has 10 nitrogen and oxygen atoms in total. The normalized spacial score (nSPS) is 29.3. The SMILES string of the molecule is Nc1nc(=O)c2ncn([C@@H]3O[C@H](CO)C(O)C3O)c2n1Br. The zero-order chi connectivity index (χ0) is 15.3. The Labute approximate surface area is 125 Å². The second kappa shape index (κ2) is 5.03. The van der Waals surface area contributed by atoms with E-state index < -0.39 is 36.7 Å². The van der Waals surface area contributed by atoms with Crippen LogP contribution in [0.2, 0.25) is 0 Å². The van der Waals surface area contributed by atoms with Crippen LogP contribution in [0.4, 0.5) is 5.95 Å². The smallest absolute Gasteiger partial charge is 0.302 e. The van der Waals surface area contributed by atoms with Crippen LogP contribution in [0.5, 0.6) is 0 Å². The van der Waals surface area contributed by atoms with Crippen LogP contribution in [0.15, 0.2) is 11.1 Å². The molecule has 0 radical (unpaired) electrons. The highest BCUT2D eigenvalue weighted by Crippen LogP contribution is 2.31. The molecule has 0 saturated carbocycles. The Balaban J connectivity index is 2.16. The molecule has 1 saturated heterocycles. The number of hydrogen-bond donors (Lipinski definition) is 4. The van der Waals surface area contributed by atoms with Crippen LogP contribution in [-0.4, -0.2) is 58.4 Å². The van der Waals surface area contributed by atoms with Gasteiger partial charge in [0.25, 0.3) is 0 Å². The number of aromatic nitrogens is 4. The van der Waals surface area contributed by atoms with Gasteiger partial charge in [0.2, 0.25) is 5.95 Å². The van der Waals surface area contributed by atoms with Crippen LogP contribution in [0, 0.1) is 0 Å². The summed E-state index contributed by atoms with van der Waals surface area (Å²) in [5.41, 5.74) is 5.23. The number of hydrogen-bond acceptors (Lipinski definition) is 8. The lowest BCUT2D eigenvalue weighted by molar-refractivity contribution is -0.0511. The van der Waals surface area contributed by atoms with Crippen molar-refractivity contribution in [3.8, 4) is 0 Å².